The third kappa shape index (κ3) is 9.76. The van der Waals surface area contributed by atoms with Crippen molar-refractivity contribution in [3.8, 4) is 0 Å². The summed E-state index contributed by atoms with van der Waals surface area (Å²) < 4.78 is 30.9. The van der Waals surface area contributed by atoms with Crippen LogP contribution < -0.4 is 34.9 Å². The van der Waals surface area contributed by atoms with Gasteiger partial charge in [0.05, 0.1) is 10.1 Å². The molecule has 0 fully saturated rings. The molecule has 0 atom stereocenters. The van der Waals surface area contributed by atoms with Crippen molar-refractivity contribution in [3.63, 3.8) is 0 Å². The fourth-order valence-corrected chi connectivity index (χ4v) is 1.92. The van der Waals surface area contributed by atoms with E-state index >= 15 is 0 Å². The van der Waals surface area contributed by atoms with Crippen molar-refractivity contribution in [1.29, 1.82) is 0 Å². The normalized spacial score (nSPS) is 10.9. The predicted molar refractivity (Wildman–Crippen MR) is 61.9 cm³/mol. The number of rotatable bonds is 7. The van der Waals surface area contributed by atoms with Crippen LogP contribution in [-0.2, 0) is 16.7 Å². The van der Waals surface area contributed by atoms with E-state index in [-0.39, 0.29) is 35.3 Å². The number of hydrogen-bond donors (Lipinski definition) is 1. The van der Waals surface area contributed by atoms with E-state index in [1.807, 2.05) is 30.3 Å². The molecule has 4 nitrogen and oxygen atoms in total. The van der Waals surface area contributed by atoms with Crippen molar-refractivity contribution in [3.05, 3.63) is 35.9 Å². The first-order valence-corrected chi connectivity index (χ1v) is 6.84. The van der Waals surface area contributed by atoms with Gasteiger partial charge in [-0.2, -0.15) is 0 Å². The zero-order valence-electron chi connectivity index (χ0n) is 10.1. The molecule has 1 aromatic carbocycles. The Bertz CT molecular complexity index is 394. The topological polar surface area (TPSA) is 69.2 Å². The molecule has 0 saturated heterocycles. The van der Waals surface area contributed by atoms with E-state index in [0.717, 1.165) is 13.1 Å². The fourth-order valence-electron chi connectivity index (χ4n) is 1.36. The van der Waals surface area contributed by atoms with Gasteiger partial charge >= 0.3 is 29.6 Å². The minimum Gasteiger partial charge on any atom is -0.748 e. The van der Waals surface area contributed by atoms with Gasteiger partial charge in [-0.25, -0.2) is 8.42 Å². The van der Waals surface area contributed by atoms with Crippen molar-refractivity contribution in [2.75, 3.05) is 12.3 Å². The van der Waals surface area contributed by atoms with Crippen molar-refractivity contribution in [1.82, 2.24) is 5.32 Å². The zero-order chi connectivity index (χ0) is 11.9. The summed E-state index contributed by atoms with van der Waals surface area (Å²) in [5.41, 5.74) is 1.19. The minimum atomic E-state index is -4.04. The molecule has 0 unspecified atom stereocenters. The Morgan fingerprint density at radius 1 is 1.12 bits per heavy atom. The summed E-state index contributed by atoms with van der Waals surface area (Å²) in [5.74, 6) is -0.264. The molecule has 0 aliphatic carbocycles. The second-order valence-electron chi connectivity index (χ2n) is 3.63. The Kier molecular flexibility index (Phi) is 9.13. The molecule has 1 rings (SSSR count). The van der Waals surface area contributed by atoms with Gasteiger partial charge in [0, 0.05) is 12.3 Å². The van der Waals surface area contributed by atoms with Crippen LogP contribution in [0.5, 0.6) is 0 Å². The Hall–Kier alpha value is 0.0900. The molecule has 17 heavy (non-hydrogen) atoms. The molecular weight excluding hydrogens is 249 g/mol. The van der Waals surface area contributed by atoms with E-state index in [9.17, 15) is 13.0 Å². The first-order valence-electron chi connectivity index (χ1n) is 5.26. The Morgan fingerprint density at radius 2 is 1.76 bits per heavy atom. The molecule has 0 amide bonds. The minimum absolute atomic E-state index is 0. The van der Waals surface area contributed by atoms with E-state index in [1.54, 1.807) is 0 Å². The van der Waals surface area contributed by atoms with Crippen LogP contribution in [0.4, 0.5) is 0 Å². The van der Waals surface area contributed by atoms with Crippen LogP contribution in [0.15, 0.2) is 30.3 Å². The van der Waals surface area contributed by atoms with Crippen LogP contribution in [0.25, 0.3) is 0 Å². The summed E-state index contributed by atoms with van der Waals surface area (Å²) >= 11 is 0. The third-order valence-corrected chi connectivity index (χ3v) is 2.96. The van der Waals surface area contributed by atoms with Gasteiger partial charge < -0.3 is 9.87 Å². The van der Waals surface area contributed by atoms with Crippen molar-refractivity contribution in [2.45, 2.75) is 19.4 Å². The quantitative estimate of drug-likeness (QED) is 0.355. The molecule has 0 spiro atoms. The van der Waals surface area contributed by atoms with Gasteiger partial charge in [-0.3, -0.25) is 0 Å². The van der Waals surface area contributed by atoms with Crippen LogP contribution in [0.2, 0.25) is 0 Å². The predicted octanol–water partition coefficient (Wildman–Crippen LogP) is -1.89. The smallest absolute Gasteiger partial charge is 0.748 e. The molecule has 0 aromatic heterocycles. The largest absolute Gasteiger partial charge is 1.00 e. The summed E-state index contributed by atoms with van der Waals surface area (Å²) in [6, 6.07) is 9.95. The van der Waals surface area contributed by atoms with E-state index in [0.29, 0.717) is 12.8 Å². The zero-order valence-corrected chi connectivity index (χ0v) is 12.9. The van der Waals surface area contributed by atoms with Gasteiger partial charge in [0.25, 0.3) is 0 Å². The molecule has 0 radical (unpaired) electrons. The summed E-state index contributed by atoms with van der Waals surface area (Å²) in [6.07, 6.45) is 1.13. The molecule has 1 N–H and O–H groups in total. The average molecular weight is 265 g/mol. The van der Waals surface area contributed by atoms with Crippen LogP contribution in [-0.4, -0.2) is 25.3 Å². The molecule has 0 bridgehead atoms. The summed E-state index contributed by atoms with van der Waals surface area (Å²) in [6.45, 7) is 1.50. The maximum Gasteiger partial charge on any atom is 1.00 e. The van der Waals surface area contributed by atoms with E-state index < -0.39 is 10.1 Å². The van der Waals surface area contributed by atoms with Crippen LogP contribution in [0, 0.1) is 0 Å². The van der Waals surface area contributed by atoms with Crippen molar-refractivity contribution >= 4 is 10.1 Å². The summed E-state index contributed by atoms with van der Waals surface area (Å²) in [5, 5.41) is 3.19. The van der Waals surface area contributed by atoms with Gasteiger partial charge in [0.15, 0.2) is 0 Å². The molecule has 1 aromatic rings. The van der Waals surface area contributed by atoms with Gasteiger partial charge in [0.1, 0.15) is 0 Å². The Labute approximate surface area is 125 Å². The van der Waals surface area contributed by atoms with Gasteiger partial charge in [0.2, 0.25) is 0 Å². The van der Waals surface area contributed by atoms with Crippen LogP contribution in [0.3, 0.4) is 0 Å². The monoisotopic (exact) mass is 265 g/mol. The van der Waals surface area contributed by atoms with Crippen molar-refractivity contribution < 1.29 is 42.5 Å². The first kappa shape index (κ1) is 17.1. The Morgan fingerprint density at radius 3 is 2.35 bits per heavy atom. The molecular formula is C11H16NNaO3S. The average Bonchev–Trinajstić information content (AvgIpc) is 2.23. The van der Waals surface area contributed by atoms with E-state index in [2.05, 4.69) is 5.32 Å². The van der Waals surface area contributed by atoms with Crippen LogP contribution >= 0.6 is 0 Å². The molecule has 0 heterocycles. The van der Waals surface area contributed by atoms with E-state index in [4.69, 9.17) is 0 Å². The molecule has 0 saturated carbocycles. The molecule has 6 heteroatoms. The fraction of sp³-hybridized carbons (Fsp3) is 0.455. The summed E-state index contributed by atoms with van der Waals surface area (Å²) in [4.78, 5) is 0. The van der Waals surface area contributed by atoms with E-state index in [1.165, 1.54) is 5.56 Å². The third-order valence-electron chi connectivity index (χ3n) is 2.17. The number of nitrogens with one attached hydrogen (secondary N) is 1. The van der Waals surface area contributed by atoms with Gasteiger partial charge in [-0.15, -0.1) is 0 Å². The first-order chi connectivity index (χ1) is 7.58. The van der Waals surface area contributed by atoms with Crippen LogP contribution in [0.1, 0.15) is 18.4 Å². The maximum absolute atomic E-state index is 10.3. The molecule has 0 aliphatic rings. The second-order valence-corrected chi connectivity index (χ2v) is 5.15. The SMILES string of the molecule is O=S(=O)([O-])CCCCNCc1ccccc1.[Na+]. The summed E-state index contributed by atoms with van der Waals surface area (Å²) in [7, 11) is -4.04. The van der Waals surface area contributed by atoms with Gasteiger partial charge in [-0.05, 0) is 24.9 Å². The molecule has 90 valence electrons. The van der Waals surface area contributed by atoms with Gasteiger partial charge in [-0.1, -0.05) is 30.3 Å². The Balaban J connectivity index is 0.00000256. The standard InChI is InChI=1S/C11H17NO3S.Na/c13-16(14,15)9-5-4-8-12-10-11-6-2-1-3-7-11;/h1-3,6-7,12H,4-5,8-10H2,(H,13,14,15);/q;+1/p-1. The van der Waals surface area contributed by atoms with Crippen molar-refractivity contribution in [2.24, 2.45) is 0 Å². The number of unbranched alkanes of at least 4 members (excludes halogenated alkanes) is 1. The number of benzene rings is 1. The maximum atomic E-state index is 10.3. The molecule has 0 aliphatic heterocycles. The number of hydrogen-bond acceptors (Lipinski definition) is 4. The second kappa shape index (κ2) is 9.08.